The lowest BCUT2D eigenvalue weighted by Gasteiger charge is -1.82. The Morgan fingerprint density at radius 2 is 1.00 bits per heavy atom. The van der Waals surface area contributed by atoms with Crippen LogP contribution < -0.4 is 0 Å². The Morgan fingerprint density at radius 3 is 1.55 bits per heavy atom. The average Bonchev–Trinajstić information content (AvgIpc) is 2.08. The summed E-state index contributed by atoms with van der Waals surface area (Å²) < 4.78 is 0. The van der Waals surface area contributed by atoms with E-state index in [1.807, 2.05) is 0 Å². The molecule has 0 aromatic heterocycles. The van der Waals surface area contributed by atoms with E-state index in [1.165, 1.54) is 0 Å². The van der Waals surface area contributed by atoms with Gasteiger partial charge in [0.1, 0.15) is 0 Å². The zero-order valence-corrected chi connectivity index (χ0v) is 6.74. The lowest BCUT2D eigenvalue weighted by molar-refractivity contribution is 1.05. The molecule has 0 aromatic rings. The van der Waals surface area contributed by atoms with E-state index >= 15 is 0 Å². The largest absolute Gasteiger partial charge is 0.0842 e. The Kier molecular flexibility index (Phi) is 4.19. The van der Waals surface area contributed by atoms with Crippen molar-refractivity contribution in [3.8, 4) is 0 Å². The molecule has 0 saturated heterocycles. The Labute approximate surface area is 68.6 Å². The van der Waals surface area contributed by atoms with E-state index < -0.39 is 0 Å². The van der Waals surface area contributed by atoms with Crippen molar-refractivity contribution >= 4 is 0 Å². The normalized spacial score (nSPS) is 21.1. The van der Waals surface area contributed by atoms with Crippen LogP contribution in [0.1, 0.15) is 19.3 Å². The fraction of sp³-hybridized carbons (Fsp3) is 0.273. The molecule has 0 saturated carbocycles. The summed E-state index contributed by atoms with van der Waals surface area (Å²) in [7, 11) is 0. The summed E-state index contributed by atoms with van der Waals surface area (Å²) in [4.78, 5) is 0. The number of allylic oxidation sites excluding steroid dienone is 8. The summed E-state index contributed by atoms with van der Waals surface area (Å²) in [6.45, 7) is 0. The quantitative estimate of drug-likeness (QED) is 0.491. The second-order valence-electron chi connectivity index (χ2n) is 2.53. The van der Waals surface area contributed by atoms with Crippen LogP contribution in [0.3, 0.4) is 0 Å². The second kappa shape index (κ2) is 5.72. The Hall–Kier alpha value is -1.04. The van der Waals surface area contributed by atoms with Gasteiger partial charge in [-0.2, -0.15) is 0 Å². The van der Waals surface area contributed by atoms with E-state index in [9.17, 15) is 0 Å². The molecule has 0 radical (unpaired) electrons. The van der Waals surface area contributed by atoms with E-state index in [0.29, 0.717) is 0 Å². The molecule has 0 aromatic carbocycles. The van der Waals surface area contributed by atoms with E-state index in [2.05, 4.69) is 48.6 Å². The molecule has 0 fully saturated rings. The van der Waals surface area contributed by atoms with Crippen LogP contribution in [-0.4, -0.2) is 0 Å². The molecule has 0 heterocycles. The maximum Gasteiger partial charge on any atom is -0.0163 e. The molecule has 0 heteroatoms. The summed E-state index contributed by atoms with van der Waals surface area (Å²) in [5.41, 5.74) is 0. The van der Waals surface area contributed by atoms with E-state index in [0.717, 1.165) is 19.3 Å². The number of hydrogen-bond acceptors (Lipinski definition) is 0. The summed E-state index contributed by atoms with van der Waals surface area (Å²) in [5, 5.41) is 0. The fourth-order valence-electron chi connectivity index (χ4n) is 0.935. The highest BCUT2D eigenvalue weighted by Crippen LogP contribution is 1.96. The SMILES string of the molecule is C1=CC/C=C/C=CCCC=C1. The molecule has 0 bridgehead atoms. The minimum absolute atomic E-state index is 1.04. The van der Waals surface area contributed by atoms with Crippen LogP contribution in [0, 0.1) is 0 Å². The topological polar surface area (TPSA) is 0 Å². The zero-order chi connectivity index (χ0) is 7.78. The van der Waals surface area contributed by atoms with Crippen molar-refractivity contribution in [1.29, 1.82) is 0 Å². The Bertz CT molecular complexity index is 170. The summed E-state index contributed by atoms with van der Waals surface area (Å²) in [6, 6.07) is 0. The van der Waals surface area contributed by atoms with Gasteiger partial charge in [0.15, 0.2) is 0 Å². The van der Waals surface area contributed by atoms with E-state index in [4.69, 9.17) is 0 Å². The van der Waals surface area contributed by atoms with Crippen LogP contribution >= 0.6 is 0 Å². The van der Waals surface area contributed by atoms with Gasteiger partial charge in [0.2, 0.25) is 0 Å². The van der Waals surface area contributed by atoms with Gasteiger partial charge in [-0.25, -0.2) is 0 Å². The van der Waals surface area contributed by atoms with Crippen LogP contribution in [-0.2, 0) is 0 Å². The molecular weight excluding hydrogens is 132 g/mol. The monoisotopic (exact) mass is 146 g/mol. The first-order chi connectivity index (χ1) is 5.50. The third kappa shape index (κ3) is 4.38. The summed E-state index contributed by atoms with van der Waals surface area (Å²) >= 11 is 0. The second-order valence-corrected chi connectivity index (χ2v) is 2.53. The minimum atomic E-state index is 1.04. The van der Waals surface area contributed by atoms with Crippen molar-refractivity contribution in [2.24, 2.45) is 0 Å². The van der Waals surface area contributed by atoms with Crippen molar-refractivity contribution in [2.75, 3.05) is 0 Å². The fourth-order valence-corrected chi connectivity index (χ4v) is 0.935. The molecule has 1 aliphatic carbocycles. The van der Waals surface area contributed by atoms with Gasteiger partial charge in [0.25, 0.3) is 0 Å². The Morgan fingerprint density at radius 1 is 0.545 bits per heavy atom. The van der Waals surface area contributed by atoms with Crippen LogP contribution in [0.25, 0.3) is 0 Å². The van der Waals surface area contributed by atoms with Gasteiger partial charge in [-0.1, -0.05) is 48.6 Å². The van der Waals surface area contributed by atoms with Crippen molar-refractivity contribution < 1.29 is 0 Å². The zero-order valence-electron chi connectivity index (χ0n) is 6.74. The highest BCUT2D eigenvalue weighted by Gasteiger charge is 1.76. The maximum absolute atomic E-state index is 2.20. The predicted molar refractivity (Wildman–Crippen MR) is 50.4 cm³/mol. The first-order valence-electron chi connectivity index (χ1n) is 4.13. The number of hydrogen-bond donors (Lipinski definition) is 0. The highest BCUT2D eigenvalue weighted by atomic mass is 13.8. The van der Waals surface area contributed by atoms with Crippen molar-refractivity contribution in [3.05, 3.63) is 48.6 Å². The smallest absolute Gasteiger partial charge is 0.0163 e. The molecule has 0 atom stereocenters. The molecule has 58 valence electrons. The van der Waals surface area contributed by atoms with Crippen LogP contribution in [0.4, 0.5) is 0 Å². The average molecular weight is 146 g/mol. The highest BCUT2D eigenvalue weighted by molar-refractivity contribution is 5.10. The Balaban J connectivity index is 2.47. The van der Waals surface area contributed by atoms with Gasteiger partial charge in [0.05, 0.1) is 0 Å². The van der Waals surface area contributed by atoms with Crippen LogP contribution in [0.5, 0.6) is 0 Å². The minimum Gasteiger partial charge on any atom is -0.0842 e. The molecule has 0 amide bonds. The summed E-state index contributed by atoms with van der Waals surface area (Å²) in [6.07, 6.45) is 20.5. The van der Waals surface area contributed by atoms with Gasteiger partial charge in [-0.05, 0) is 19.3 Å². The van der Waals surface area contributed by atoms with E-state index in [1.54, 1.807) is 0 Å². The molecular formula is C11H14. The molecule has 1 aliphatic rings. The van der Waals surface area contributed by atoms with Crippen molar-refractivity contribution in [3.63, 3.8) is 0 Å². The molecule has 0 spiro atoms. The first-order valence-corrected chi connectivity index (χ1v) is 4.13. The van der Waals surface area contributed by atoms with Gasteiger partial charge < -0.3 is 0 Å². The molecule has 0 aliphatic heterocycles. The lowest BCUT2D eigenvalue weighted by Crippen LogP contribution is -1.61. The van der Waals surface area contributed by atoms with Gasteiger partial charge in [0, 0.05) is 0 Å². The van der Waals surface area contributed by atoms with Crippen LogP contribution in [0.2, 0.25) is 0 Å². The predicted octanol–water partition coefficient (Wildman–Crippen LogP) is 3.40. The number of rotatable bonds is 0. The van der Waals surface area contributed by atoms with Gasteiger partial charge in [-0.15, -0.1) is 0 Å². The van der Waals surface area contributed by atoms with Gasteiger partial charge >= 0.3 is 0 Å². The molecule has 0 N–H and O–H groups in total. The summed E-state index contributed by atoms with van der Waals surface area (Å²) in [5.74, 6) is 0. The standard InChI is InChI=1S/C11H14/c1-2-4-6-8-10-11-9-7-5-3-1/h1-4,7,9-11H,5-6,8H2/b3-1+,4-2?,9-7?,11-10?. The van der Waals surface area contributed by atoms with Crippen molar-refractivity contribution in [2.45, 2.75) is 19.3 Å². The lowest BCUT2D eigenvalue weighted by atomic mass is 10.2. The van der Waals surface area contributed by atoms with Crippen molar-refractivity contribution in [1.82, 2.24) is 0 Å². The first kappa shape index (κ1) is 8.06. The van der Waals surface area contributed by atoms with Gasteiger partial charge in [-0.3, -0.25) is 0 Å². The van der Waals surface area contributed by atoms with Crippen LogP contribution in [0.15, 0.2) is 48.6 Å². The van der Waals surface area contributed by atoms with E-state index in [-0.39, 0.29) is 0 Å². The maximum atomic E-state index is 2.20. The molecule has 11 heavy (non-hydrogen) atoms. The molecule has 0 nitrogen and oxygen atoms in total. The third-order valence-electron chi connectivity index (χ3n) is 1.54. The third-order valence-corrected chi connectivity index (χ3v) is 1.54. The molecule has 1 rings (SSSR count). The molecule has 0 unspecified atom stereocenters.